The molecule has 0 saturated heterocycles. The smallest absolute Gasteiger partial charge is 0.306 e. The SMILES string of the molecule is Cc1ccc(NC(=O)COC(=O)CCCC(=O)NNC(=O)c2ccccc2Cl)cc1Cl. The van der Waals surface area contributed by atoms with Crippen LogP contribution in [0.1, 0.15) is 35.2 Å². The summed E-state index contributed by atoms with van der Waals surface area (Å²) in [4.78, 5) is 47.3. The fourth-order valence-electron chi connectivity index (χ4n) is 2.38. The maximum Gasteiger partial charge on any atom is 0.306 e. The molecule has 10 heteroatoms. The van der Waals surface area contributed by atoms with Crippen LogP contribution in [-0.2, 0) is 19.1 Å². The summed E-state index contributed by atoms with van der Waals surface area (Å²) in [6, 6.07) is 11.4. The summed E-state index contributed by atoms with van der Waals surface area (Å²) >= 11 is 11.9. The highest BCUT2D eigenvalue weighted by Crippen LogP contribution is 2.19. The number of nitrogens with one attached hydrogen (secondary N) is 3. The number of ether oxygens (including phenoxy) is 1. The second kappa shape index (κ2) is 11.9. The first-order valence-electron chi connectivity index (χ1n) is 9.31. The van der Waals surface area contributed by atoms with E-state index in [0.29, 0.717) is 10.7 Å². The minimum atomic E-state index is -0.620. The summed E-state index contributed by atoms with van der Waals surface area (Å²) in [6.45, 7) is 1.38. The highest BCUT2D eigenvalue weighted by molar-refractivity contribution is 6.33. The van der Waals surface area contributed by atoms with Gasteiger partial charge < -0.3 is 10.1 Å². The van der Waals surface area contributed by atoms with Crippen LogP contribution in [0.5, 0.6) is 0 Å². The van der Waals surface area contributed by atoms with E-state index in [1.807, 2.05) is 6.92 Å². The molecule has 0 saturated carbocycles. The zero-order valence-corrected chi connectivity index (χ0v) is 18.2. The van der Waals surface area contributed by atoms with Crippen LogP contribution in [0.4, 0.5) is 5.69 Å². The third-order valence-corrected chi connectivity index (χ3v) is 4.78. The molecule has 0 atom stereocenters. The number of esters is 1. The number of anilines is 1. The molecule has 0 radical (unpaired) electrons. The Morgan fingerprint density at radius 3 is 2.35 bits per heavy atom. The van der Waals surface area contributed by atoms with Crippen molar-refractivity contribution in [2.24, 2.45) is 0 Å². The van der Waals surface area contributed by atoms with Crippen LogP contribution >= 0.6 is 23.2 Å². The van der Waals surface area contributed by atoms with E-state index >= 15 is 0 Å². The zero-order chi connectivity index (χ0) is 22.8. The van der Waals surface area contributed by atoms with Crippen LogP contribution in [0.3, 0.4) is 0 Å². The Kier molecular flexibility index (Phi) is 9.30. The Morgan fingerprint density at radius 1 is 0.903 bits per heavy atom. The van der Waals surface area contributed by atoms with Gasteiger partial charge in [-0.25, -0.2) is 0 Å². The lowest BCUT2D eigenvalue weighted by Gasteiger charge is -2.09. The second-order valence-electron chi connectivity index (χ2n) is 6.51. The summed E-state index contributed by atoms with van der Waals surface area (Å²) in [7, 11) is 0. The molecule has 0 aliphatic carbocycles. The molecule has 8 nitrogen and oxygen atoms in total. The van der Waals surface area contributed by atoms with Gasteiger partial charge in [-0.2, -0.15) is 0 Å². The van der Waals surface area contributed by atoms with E-state index < -0.39 is 30.3 Å². The molecule has 0 fully saturated rings. The predicted molar refractivity (Wildman–Crippen MR) is 117 cm³/mol. The van der Waals surface area contributed by atoms with Crippen LogP contribution in [0.15, 0.2) is 42.5 Å². The summed E-state index contributed by atoms with van der Waals surface area (Å²) in [5.74, 6) is -2.17. The average molecular weight is 466 g/mol. The van der Waals surface area contributed by atoms with Gasteiger partial charge in [0.1, 0.15) is 0 Å². The summed E-state index contributed by atoms with van der Waals surface area (Å²) in [5.41, 5.74) is 6.08. The standard InChI is InChI=1S/C21H21Cl2N3O5/c1-13-9-10-14(11-17(13)23)24-19(28)12-31-20(29)8-4-7-18(27)25-26-21(30)15-5-2-3-6-16(15)22/h2-3,5-6,9-11H,4,7-8,12H2,1H3,(H,24,28)(H,25,27)(H,26,30). The van der Waals surface area contributed by atoms with Crippen LogP contribution in [-0.4, -0.2) is 30.3 Å². The lowest BCUT2D eigenvalue weighted by molar-refractivity contribution is -0.147. The third-order valence-electron chi connectivity index (χ3n) is 4.04. The Balaban J connectivity index is 1.62. The van der Waals surface area contributed by atoms with E-state index in [0.717, 1.165) is 5.56 Å². The van der Waals surface area contributed by atoms with Crippen molar-refractivity contribution in [1.29, 1.82) is 0 Å². The highest BCUT2D eigenvalue weighted by atomic mass is 35.5. The van der Waals surface area contributed by atoms with Gasteiger partial charge in [0, 0.05) is 23.6 Å². The van der Waals surface area contributed by atoms with Crippen molar-refractivity contribution >= 4 is 52.6 Å². The topological polar surface area (TPSA) is 114 Å². The van der Waals surface area contributed by atoms with Gasteiger partial charge in [0.05, 0.1) is 10.6 Å². The number of amides is 3. The monoisotopic (exact) mass is 465 g/mol. The van der Waals surface area contributed by atoms with E-state index in [-0.39, 0.29) is 29.8 Å². The van der Waals surface area contributed by atoms with Crippen molar-refractivity contribution in [3.05, 3.63) is 63.6 Å². The average Bonchev–Trinajstić information content (AvgIpc) is 2.73. The largest absolute Gasteiger partial charge is 0.456 e. The van der Waals surface area contributed by atoms with Gasteiger partial charge in [-0.05, 0) is 43.2 Å². The molecule has 0 bridgehead atoms. The minimum Gasteiger partial charge on any atom is -0.456 e. The van der Waals surface area contributed by atoms with E-state index in [2.05, 4.69) is 16.2 Å². The molecule has 0 aromatic heterocycles. The number of aryl methyl sites for hydroxylation is 1. The maximum absolute atomic E-state index is 11.9. The van der Waals surface area contributed by atoms with Crippen molar-refractivity contribution < 1.29 is 23.9 Å². The van der Waals surface area contributed by atoms with Crippen LogP contribution in [0.2, 0.25) is 10.0 Å². The molecule has 2 rings (SSSR count). The molecule has 3 N–H and O–H groups in total. The first kappa shape index (κ1) is 24.2. The molecule has 0 aliphatic rings. The van der Waals surface area contributed by atoms with E-state index in [4.69, 9.17) is 27.9 Å². The van der Waals surface area contributed by atoms with Crippen LogP contribution < -0.4 is 16.2 Å². The van der Waals surface area contributed by atoms with Gasteiger partial charge in [0.2, 0.25) is 5.91 Å². The Bertz CT molecular complexity index is 981. The molecule has 0 spiro atoms. The van der Waals surface area contributed by atoms with E-state index in [9.17, 15) is 19.2 Å². The van der Waals surface area contributed by atoms with Gasteiger partial charge in [0.25, 0.3) is 11.8 Å². The predicted octanol–water partition coefficient (Wildman–Crippen LogP) is 3.42. The Hall–Kier alpha value is -3.10. The van der Waals surface area contributed by atoms with Crippen LogP contribution in [0.25, 0.3) is 0 Å². The van der Waals surface area contributed by atoms with Gasteiger partial charge >= 0.3 is 5.97 Å². The summed E-state index contributed by atoms with van der Waals surface area (Å²) < 4.78 is 4.88. The molecular formula is C21H21Cl2N3O5. The number of hydrazine groups is 1. The van der Waals surface area contributed by atoms with Crippen molar-refractivity contribution in [3.63, 3.8) is 0 Å². The highest BCUT2D eigenvalue weighted by Gasteiger charge is 2.12. The number of hydrogen-bond donors (Lipinski definition) is 3. The van der Waals surface area contributed by atoms with Crippen molar-refractivity contribution in [2.45, 2.75) is 26.2 Å². The fourth-order valence-corrected chi connectivity index (χ4v) is 2.78. The van der Waals surface area contributed by atoms with Gasteiger partial charge in [-0.1, -0.05) is 41.4 Å². The summed E-state index contributed by atoms with van der Waals surface area (Å²) in [5, 5.41) is 3.34. The number of hydrogen-bond acceptors (Lipinski definition) is 5. The molecule has 2 aromatic carbocycles. The van der Waals surface area contributed by atoms with Crippen LogP contribution in [0, 0.1) is 6.92 Å². The van der Waals surface area contributed by atoms with Gasteiger partial charge in [0.15, 0.2) is 6.61 Å². The van der Waals surface area contributed by atoms with E-state index in [1.165, 1.54) is 6.07 Å². The first-order valence-corrected chi connectivity index (χ1v) is 10.1. The van der Waals surface area contributed by atoms with Gasteiger partial charge in [-0.3, -0.25) is 30.0 Å². The quantitative estimate of drug-likeness (QED) is 0.408. The summed E-state index contributed by atoms with van der Waals surface area (Å²) in [6.07, 6.45) is 0.100. The second-order valence-corrected chi connectivity index (χ2v) is 7.32. The lowest BCUT2D eigenvalue weighted by atomic mass is 10.2. The third kappa shape index (κ3) is 8.27. The normalized spacial score (nSPS) is 10.2. The fraction of sp³-hybridized carbons (Fsp3) is 0.238. The number of halogens is 2. The minimum absolute atomic E-state index is 0.0219. The molecule has 164 valence electrons. The molecule has 0 heterocycles. The molecule has 31 heavy (non-hydrogen) atoms. The molecule has 0 unspecified atom stereocenters. The van der Waals surface area contributed by atoms with Gasteiger partial charge in [-0.15, -0.1) is 0 Å². The van der Waals surface area contributed by atoms with Crippen molar-refractivity contribution in [1.82, 2.24) is 10.9 Å². The number of carbonyl (C=O) groups excluding carboxylic acids is 4. The Labute approximate surface area is 189 Å². The maximum atomic E-state index is 11.9. The number of carbonyl (C=O) groups is 4. The zero-order valence-electron chi connectivity index (χ0n) is 16.7. The Morgan fingerprint density at radius 2 is 1.65 bits per heavy atom. The van der Waals surface area contributed by atoms with Crippen molar-refractivity contribution in [3.8, 4) is 0 Å². The van der Waals surface area contributed by atoms with Crippen molar-refractivity contribution in [2.75, 3.05) is 11.9 Å². The molecule has 0 aliphatic heterocycles. The molecular weight excluding hydrogens is 445 g/mol. The lowest BCUT2D eigenvalue weighted by Crippen LogP contribution is -2.41. The number of benzene rings is 2. The molecule has 3 amide bonds. The molecule has 2 aromatic rings. The number of rotatable bonds is 8. The van der Waals surface area contributed by atoms with E-state index in [1.54, 1.807) is 36.4 Å². The first-order chi connectivity index (χ1) is 14.8.